The normalized spacial score (nSPS) is 11.8. The van der Waals surface area contributed by atoms with Crippen LogP contribution < -0.4 is 10.9 Å². The molecular weight excluding hydrogens is 389 g/mol. The van der Waals surface area contributed by atoms with Gasteiger partial charge in [0.1, 0.15) is 17.2 Å². The van der Waals surface area contributed by atoms with Gasteiger partial charge >= 0.3 is 5.97 Å². The van der Waals surface area contributed by atoms with E-state index in [-0.39, 0.29) is 11.4 Å². The maximum atomic E-state index is 13.9. The topological polar surface area (TPSA) is 104 Å². The van der Waals surface area contributed by atoms with Crippen molar-refractivity contribution in [3.05, 3.63) is 87.0 Å². The van der Waals surface area contributed by atoms with Gasteiger partial charge in [0.25, 0.3) is 11.5 Å². The Morgan fingerprint density at radius 3 is 2.54 bits per heavy atom. The molecule has 3 aromatic rings. The van der Waals surface area contributed by atoms with E-state index in [2.05, 4.69) is 10.4 Å². The zero-order chi connectivity index (χ0) is 20.3. The summed E-state index contributed by atoms with van der Waals surface area (Å²) in [7, 11) is 0. The van der Waals surface area contributed by atoms with Crippen LogP contribution in [0.1, 0.15) is 28.5 Å². The van der Waals surface area contributed by atoms with E-state index in [0.29, 0.717) is 10.6 Å². The Morgan fingerprint density at radius 2 is 1.86 bits per heavy atom. The first-order valence-electron chi connectivity index (χ1n) is 8.21. The number of rotatable bonds is 6. The zero-order valence-electron chi connectivity index (χ0n) is 14.4. The van der Waals surface area contributed by atoms with Crippen molar-refractivity contribution in [3.63, 3.8) is 0 Å². The number of carboxylic acid groups (broad SMARTS) is 1. The first-order chi connectivity index (χ1) is 13.4. The first-order valence-corrected chi connectivity index (χ1v) is 8.58. The fourth-order valence-electron chi connectivity index (χ4n) is 2.73. The lowest BCUT2D eigenvalue weighted by Gasteiger charge is -2.18. The summed E-state index contributed by atoms with van der Waals surface area (Å²) < 4.78 is 14.8. The van der Waals surface area contributed by atoms with E-state index in [4.69, 9.17) is 16.7 Å². The minimum absolute atomic E-state index is 0.0419. The first kappa shape index (κ1) is 19.4. The Balaban J connectivity index is 1.90. The SMILES string of the molecule is O=C(O)C[C@H](NC(=O)c1cc(=O)n(-c2ccccc2F)[nH]1)c1ccccc1Cl. The van der Waals surface area contributed by atoms with Gasteiger partial charge in [0.05, 0.1) is 12.5 Å². The molecule has 28 heavy (non-hydrogen) atoms. The summed E-state index contributed by atoms with van der Waals surface area (Å²) in [5, 5.41) is 14.5. The third-order valence-electron chi connectivity index (χ3n) is 4.02. The number of H-pyrrole nitrogens is 1. The number of aromatic amines is 1. The highest BCUT2D eigenvalue weighted by molar-refractivity contribution is 6.31. The maximum Gasteiger partial charge on any atom is 0.305 e. The third kappa shape index (κ3) is 4.12. The Labute approximate surface area is 163 Å². The van der Waals surface area contributed by atoms with Crippen LogP contribution in [0.5, 0.6) is 0 Å². The standard InChI is InChI=1S/C19H15ClFN3O4/c20-12-6-2-1-5-11(12)14(10-18(26)27)22-19(28)15-9-17(25)24(23-15)16-8-4-3-7-13(16)21/h1-9,14,23H,10H2,(H,22,28)(H,26,27)/t14-/m0/s1. The predicted molar refractivity (Wildman–Crippen MR) is 100 cm³/mol. The second kappa shape index (κ2) is 8.10. The molecule has 0 spiro atoms. The Kier molecular flexibility index (Phi) is 5.60. The van der Waals surface area contributed by atoms with Crippen molar-refractivity contribution in [1.82, 2.24) is 15.1 Å². The largest absolute Gasteiger partial charge is 0.481 e. The minimum Gasteiger partial charge on any atom is -0.481 e. The van der Waals surface area contributed by atoms with Gasteiger partial charge in [-0.25, -0.2) is 9.07 Å². The van der Waals surface area contributed by atoms with E-state index in [1.54, 1.807) is 30.3 Å². The summed E-state index contributed by atoms with van der Waals surface area (Å²) in [6.07, 6.45) is -0.409. The van der Waals surface area contributed by atoms with Crippen LogP contribution in [0, 0.1) is 5.82 Å². The molecule has 0 saturated carbocycles. The molecule has 3 rings (SSSR count). The third-order valence-corrected chi connectivity index (χ3v) is 4.37. The fourth-order valence-corrected chi connectivity index (χ4v) is 3.00. The van der Waals surface area contributed by atoms with Gasteiger partial charge in [-0.3, -0.25) is 19.5 Å². The predicted octanol–water partition coefficient (Wildman–Crippen LogP) is 2.90. The molecule has 0 aliphatic carbocycles. The van der Waals surface area contributed by atoms with Crippen LogP contribution >= 0.6 is 11.6 Å². The average molecular weight is 404 g/mol. The molecule has 1 aromatic heterocycles. The highest BCUT2D eigenvalue weighted by Gasteiger charge is 2.22. The van der Waals surface area contributed by atoms with Crippen LogP contribution in [0.15, 0.2) is 59.4 Å². The molecule has 0 aliphatic heterocycles. The van der Waals surface area contributed by atoms with E-state index < -0.39 is 35.7 Å². The number of benzene rings is 2. The number of para-hydroxylation sites is 1. The van der Waals surface area contributed by atoms with Gasteiger partial charge in [-0.15, -0.1) is 0 Å². The van der Waals surface area contributed by atoms with Gasteiger partial charge in [0.2, 0.25) is 0 Å². The number of amides is 1. The molecule has 7 nitrogen and oxygen atoms in total. The van der Waals surface area contributed by atoms with Crippen LogP contribution in [-0.2, 0) is 4.79 Å². The highest BCUT2D eigenvalue weighted by Crippen LogP contribution is 2.25. The molecule has 0 saturated heterocycles. The molecule has 1 amide bonds. The van der Waals surface area contributed by atoms with Gasteiger partial charge < -0.3 is 10.4 Å². The van der Waals surface area contributed by atoms with E-state index in [9.17, 15) is 18.8 Å². The number of hydrogen-bond donors (Lipinski definition) is 3. The summed E-state index contributed by atoms with van der Waals surface area (Å²) in [5.74, 6) is -2.50. The number of aliphatic carboxylic acids is 1. The molecule has 0 unspecified atom stereocenters. The molecule has 9 heteroatoms. The molecule has 0 fully saturated rings. The molecule has 3 N–H and O–H groups in total. The van der Waals surface area contributed by atoms with Crippen LogP contribution in [-0.4, -0.2) is 26.8 Å². The number of hydrogen-bond acceptors (Lipinski definition) is 3. The van der Waals surface area contributed by atoms with Crippen molar-refractivity contribution in [2.45, 2.75) is 12.5 Å². The molecular formula is C19H15ClFN3O4. The number of carbonyl (C=O) groups excluding carboxylic acids is 1. The summed E-state index contributed by atoms with van der Waals surface area (Å²) in [4.78, 5) is 35.9. The summed E-state index contributed by atoms with van der Waals surface area (Å²) in [6, 6.07) is 12.2. The van der Waals surface area contributed by atoms with Gasteiger partial charge in [0, 0.05) is 11.1 Å². The number of aromatic nitrogens is 2. The molecule has 0 bridgehead atoms. The lowest BCUT2D eigenvalue weighted by molar-refractivity contribution is -0.137. The molecule has 0 aliphatic rings. The van der Waals surface area contributed by atoms with Crippen molar-refractivity contribution in [3.8, 4) is 5.69 Å². The lowest BCUT2D eigenvalue weighted by Crippen LogP contribution is -2.30. The van der Waals surface area contributed by atoms with Gasteiger partial charge in [0.15, 0.2) is 0 Å². The summed E-state index contributed by atoms with van der Waals surface area (Å²) in [6.45, 7) is 0. The van der Waals surface area contributed by atoms with Crippen molar-refractivity contribution in [1.29, 1.82) is 0 Å². The average Bonchev–Trinajstić information content (AvgIpc) is 3.03. The van der Waals surface area contributed by atoms with Crippen molar-refractivity contribution < 1.29 is 19.1 Å². The number of carboxylic acids is 1. The van der Waals surface area contributed by atoms with Crippen molar-refractivity contribution in [2.75, 3.05) is 0 Å². The molecule has 1 heterocycles. The quantitative estimate of drug-likeness (QED) is 0.588. The van der Waals surface area contributed by atoms with Gasteiger partial charge in [-0.2, -0.15) is 0 Å². The lowest BCUT2D eigenvalue weighted by atomic mass is 10.0. The second-order valence-corrected chi connectivity index (χ2v) is 6.35. The molecule has 144 valence electrons. The van der Waals surface area contributed by atoms with Crippen LogP contribution in [0.4, 0.5) is 4.39 Å². The van der Waals surface area contributed by atoms with Crippen LogP contribution in [0.25, 0.3) is 5.69 Å². The van der Waals surface area contributed by atoms with E-state index in [0.717, 1.165) is 10.7 Å². The van der Waals surface area contributed by atoms with E-state index in [1.165, 1.54) is 18.2 Å². The van der Waals surface area contributed by atoms with Gasteiger partial charge in [-0.05, 0) is 23.8 Å². The molecule has 2 aromatic carbocycles. The Bertz CT molecular complexity index is 1090. The number of nitrogens with zero attached hydrogens (tertiary/aromatic N) is 1. The maximum absolute atomic E-state index is 13.9. The van der Waals surface area contributed by atoms with E-state index in [1.807, 2.05) is 0 Å². The molecule has 0 radical (unpaired) electrons. The van der Waals surface area contributed by atoms with E-state index >= 15 is 0 Å². The fraction of sp³-hybridized carbons (Fsp3) is 0.105. The Hall–Kier alpha value is -3.39. The number of carbonyl (C=O) groups is 2. The zero-order valence-corrected chi connectivity index (χ0v) is 15.1. The van der Waals surface area contributed by atoms with Crippen molar-refractivity contribution in [2.24, 2.45) is 0 Å². The Morgan fingerprint density at radius 1 is 1.18 bits per heavy atom. The second-order valence-electron chi connectivity index (χ2n) is 5.94. The van der Waals surface area contributed by atoms with Crippen LogP contribution in [0.2, 0.25) is 5.02 Å². The monoisotopic (exact) mass is 403 g/mol. The summed E-state index contributed by atoms with van der Waals surface area (Å²) in [5.41, 5.74) is -0.394. The van der Waals surface area contributed by atoms with Gasteiger partial charge in [-0.1, -0.05) is 41.9 Å². The smallest absolute Gasteiger partial charge is 0.305 e. The minimum atomic E-state index is -1.14. The molecule has 1 atom stereocenters. The van der Waals surface area contributed by atoms with Crippen LogP contribution in [0.3, 0.4) is 0 Å². The highest BCUT2D eigenvalue weighted by atomic mass is 35.5. The summed E-state index contributed by atoms with van der Waals surface area (Å²) >= 11 is 6.11. The number of halogens is 2. The van der Waals surface area contributed by atoms with Crippen molar-refractivity contribution >= 4 is 23.5 Å². The number of nitrogens with one attached hydrogen (secondary N) is 2.